The van der Waals surface area contributed by atoms with Crippen LogP contribution in [0.3, 0.4) is 0 Å². The first kappa shape index (κ1) is 22.4. The molecule has 0 aliphatic carbocycles. The summed E-state index contributed by atoms with van der Waals surface area (Å²) in [5.41, 5.74) is 3.14. The lowest BCUT2D eigenvalue weighted by molar-refractivity contribution is -0.121. The fourth-order valence-electron chi connectivity index (χ4n) is 4.61. The highest BCUT2D eigenvalue weighted by atomic mass is 19.1. The van der Waals surface area contributed by atoms with Crippen LogP contribution < -0.4 is 9.80 Å². The maximum Gasteiger partial charge on any atom is 0.273 e. The number of anilines is 2. The highest BCUT2D eigenvalue weighted by Gasteiger charge is 2.37. The summed E-state index contributed by atoms with van der Waals surface area (Å²) in [6.07, 6.45) is 2.43. The molecular weight excluding hydrogens is 471 g/mol. The van der Waals surface area contributed by atoms with E-state index in [0.717, 1.165) is 10.9 Å². The molecule has 37 heavy (non-hydrogen) atoms. The largest absolute Gasteiger partial charge is 0.347 e. The van der Waals surface area contributed by atoms with Gasteiger partial charge in [-0.05, 0) is 30.3 Å². The zero-order valence-electron chi connectivity index (χ0n) is 19.5. The van der Waals surface area contributed by atoms with Gasteiger partial charge in [0.05, 0.1) is 30.0 Å². The lowest BCUT2D eigenvalue weighted by Crippen LogP contribution is -2.47. The molecule has 0 radical (unpaired) electrons. The Morgan fingerprint density at radius 2 is 1.76 bits per heavy atom. The number of amides is 2. The molecule has 0 saturated carbocycles. The number of nitrogens with zero attached hydrogens (tertiary/aromatic N) is 4. The number of fused-ring (bicyclic) bond motifs is 2. The number of aromatic amines is 2. The summed E-state index contributed by atoms with van der Waals surface area (Å²) in [5, 5.41) is 0.876. The van der Waals surface area contributed by atoms with Crippen LogP contribution in [0, 0.1) is 5.82 Å². The first-order valence-corrected chi connectivity index (χ1v) is 11.7. The van der Waals surface area contributed by atoms with Crippen LogP contribution in [-0.4, -0.2) is 39.1 Å². The summed E-state index contributed by atoms with van der Waals surface area (Å²) in [6.45, 7) is 0.159. The fraction of sp³-hybridized carbons (Fsp3) is 0.0714. The van der Waals surface area contributed by atoms with Crippen LogP contribution in [0.5, 0.6) is 0 Å². The Labute approximate surface area is 211 Å². The second-order valence-corrected chi connectivity index (χ2v) is 8.60. The maximum absolute atomic E-state index is 15.1. The van der Waals surface area contributed by atoms with Crippen molar-refractivity contribution in [1.29, 1.82) is 0 Å². The SMILES string of the molecule is O=CN(c1cc2ccccc2[nH]1)[C@@H]1N=C(c2ccccc2F)c2ccccc2N(Cc2cnc[nH]2)C1=O. The van der Waals surface area contributed by atoms with Crippen molar-refractivity contribution in [1.82, 2.24) is 15.0 Å². The van der Waals surface area contributed by atoms with Crippen LogP contribution in [0.4, 0.5) is 15.9 Å². The summed E-state index contributed by atoms with van der Waals surface area (Å²) in [6, 6.07) is 22.8. The van der Waals surface area contributed by atoms with Gasteiger partial charge >= 0.3 is 0 Å². The van der Waals surface area contributed by atoms with Crippen molar-refractivity contribution in [3.05, 3.63) is 114 Å². The van der Waals surface area contributed by atoms with Crippen molar-refractivity contribution in [2.75, 3.05) is 9.80 Å². The minimum Gasteiger partial charge on any atom is -0.347 e. The average Bonchev–Trinajstić information content (AvgIpc) is 3.58. The summed E-state index contributed by atoms with van der Waals surface area (Å²) in [7, 11) is 0. The third-order valence-electron chi connectivity index (χ3n) is 6.37. The normalized spacial score (nSPS) is 15.3. The van der Waals surface area contributed by atoms with Gasteiger partial charge in [0.1, 0.15) is 11.6 Å². The van der Waals surface area contributed by atoms with Gasteiger partial charge in [-0.25, -0.2) is 14.4 Å². The van der Waals surface area contributed by atoms with Crippen molar-refractivity contribution in [2.45, 2.75) is 12.7 Å². The van der Waals surface area contributed by atoms with Crippen LogP contribution in [0.15, 0.2) is 96.4 Å². The number of para-hydroxylation sites is 2. The summed E-state index contributed by atoms with van der Waals surface area (Å²) in [4.78, 5) is 44.5. The third-order valence-corrected chi connectivity index (χ3v) is 6.37. The predicted octanol–water partition coefficient (Wildman–Crippen LogP) is 4.40. The van der Waals surface area contributed by atoms with Crippen molar-refractivity contribution in [3.8, 4) is 0 Å². The number of hydrogen-bond acceptors (Lipinski definition) is 4. The van der Waals surface area contributed by atoms with Crippen molar-refractivity contribution in [2.24, 2.45) is 4.99 Å². The Morgan fingerprint density at radius 1 is 1.00 bits per heavy atom. The summed E-state index contributed by atoms with van der Waals surface area (Å²) >= 11 is 0. The number of benzene rings is 3. The molecule has 0 bridgehead atoms. The highest BCUT2D eigenvalue weighted by Crippen LogP contribution is 2.32. The first-order valence-electron chi connectivity index (χ1n) is 11.7. The van der Waals surface area contributed by atoms with Gasteiger partial charge in [0, 0.05) is 28.2 Å². The highest BCUT2D eigenvalue weighted by molar-refractivity contribution is 6.21. The number of aromatic nitrogens is 3. The number of nitrogens with one attached hydrogen (secondary N) is 2. The lowest BCUT2D eigenvalue weighted by Gasteiger charge is -2.28. The molecule has 2 aromatic heterocycles. The van der Waals surface area contributed by atoms with E-state index in [2.05, 4.69) is 15.0 Å². The van der Waals surface area contributed by atoms with Crippen LogP contribution in [-0.2, 0) is 16.1 Å². The zero-order valence-corrected chi connectivity index (χ0v) is 19.5. The van der Waals surface area contributed by atoms with Crippen molar-refractivity contribution < 1.29 is 14.0 Å². The second-order valence-electron chi connectivity index (χ2n) is 8.60. The Kier molecular flexibility index (Phi) is 5.57. The molecule has 0 spiro atoms. The van der Waals surface area contributed by atoms with Crippen molar-refractivity contribution >= 4 is 40.4 Å². The lowest BCUT2D eigenvalue weighted by atomic mass is 9.99. The third kappa shape index (κ3) is 3.96. The molecule has 0 unspecified atom stereocenters. The Balaban J connectivity index is 1.56. The number of imidazole rings is 1. The van der Waals surface area contributed by atoms with Gasteiger partial charge in [-0.3, -0.25) is 14.5 Å². The van der Waals surface area contributed by atoms with E-state index >= 15 is 4.39 Å². The number of benzodiazepines with no additional fused rings is 1. The molecule has 2 N–H and O–H groups in total. The van der Waals surface area contributed by atoms with Gasteiger partial charge in [0.15, 0.2) is 0 Å². The monoisotopic (exact) mass is 492 g/mol. The number of carbonyl (C=O) groups excluding carboxylic acids is 2. The number of H-pyrrole nitrogens is 2. The molecule has 9 heteroatoms. The van der Waals surface area contributed by atoms with Gasteiger partial charge in [0.2, 0.25) is 12.6 Å². The number of halogens is 1. The smallest absolute Gasteiger partial charge is 0.273 e. The quantitative estimate of drug-likeness (QED) is 0.344. The number of hydrogen-bond donors (Lipinski definition) is 2. The molecule has 1 aliphatic heterocycles. The Hall–Kier alpha value is -5.05. The molecule has 1 atom stereocenters. The van der Waals surface area contributed by atoms with E-state index in [9.17, 15) is 9.59 Å². The Morgan fingerprint density at radius 3 is 2.51 bits per heavy atom. The fourth-order valence-corrected chi connectivity index (χ4v) is 4.61. The average molecular weight is 493 g/mol. The second kappa shape index (κ2) is 9.19. The molecule has 1 aliphatic rings. The Bertz CT molecular complexity index is 1610. The van der Waals surface area contributed by atoms with E-state index in [1.807, 2.05) is 30.3 Å². The van der Waals surface area contributed by atoms with Gasteiger partial charge in [-0.15, -0.1) is 0 Å². The van der Waals surface area contributed by atoms with E-state index in [0.29, 0.717) is 29.2 Å². The first-order chi connectivity index (χ1) is 18.1. The van der Waals surface area contributed by atoms with Crippen LogP contribution >= 0.6 is 0 Å². The van der Waals surface area contributed by atoms with E-state index in [1.54, 1.807) is 53.6 Å². The number of carbonyl (C=O) groups is 2. The van der Waals surface area contributed by atoms with E-state index < -0.39 is 17.9 Å². The molecule has 3 aromatic carbocycles. The van der Waals surface area contributed by atoms with Crippen LogP contribution in [0.2, 0.25) is 0 Å². The molecule has 2 amide bonds. The minimum atomic E-state index is -1.30. The van der Waals surface area contributed by atoms with Gasteiger partial charge in [0.25, 0.3) is 5.91 Å². The molecule has 0 fully saturated rings. The summed E-state index contributed by atoms with van der Waals surface area (Å²) < 4.78 is 15.1. The van der Waals surface area contributed by atoms with Gasteiger partial charge in [-0.1, -0.05) is 48.5 Å². The molecule has 5 aromatic rings. The van der Waals surface area contributed by atoms with E-state index in [-0.39, 0.29) is 17.8 Å². The van der Waals surface area contributed by atoms with Crippen LogP contribution in [0.25, 0.3) is 10.9 Å². The van der Waals surface area contributed by atoms with Gasteiger partial charge in [-0.2, -0.15) is 0 Å². The maximum atomic E-state index is 15.1. The number of rotatable bonds is 6. The molecule has 0 saturated heterocycles. The zero-order chi connectivity index (χ0) is 25.4. The van der Waals surface area contributed by atoms with Crippen LogP contribution in [0.1, 0.15) is 16.8 Å². The standard InChI is InChI=1S/C28H21FN6O2/c29-22-10-4-2-8-20(22)26-21-9-3-6-12-24(21)34(15-19-14-30-16-31-19)28(37)27(33-26)35(17-36)25-13-18-7-1-5-11-23(18)32-25/h1-14,16-17,27,32H,15H2,(H,30,31)/t27-/m0/s1. The van der Waals surface area contributed by atoms with Crippen molar-refractivity contribution in [3.63, 3.8) is 0 Å². The van der Waals surface area contributed by atoms with E-state index in [1.165, 1.54) is 17.3 Å². The number of aliphatic imine (C=N–C) groups is 1. The topological polar surface area (TPSA) is 97.4 Å². The summed E-state index contributed by atoms with van der Waals surface area (Å²) in [5.74, 6) is -0.523. The minimum absolute atomic E-state index is 0.159. The molecule has 6 rings (SSSR count). The molecule has 8 nitrogen and oxygen atoms in total. The molecule has 182 valence electrons. The molecule has 3 heterocycles. The van der Waals surface area contributed by atoms with Gasteiger partial charge < -0.3 is 14.9 Å². The van der Waals surface area contributed by atoms with E-state index in [4.69, 9.17) is 4.99 Å². The molecular formula is C28H21FN6O2. The predicted molar refractivity (Wildman–Crippen MR) is 139 cm³/mol.